The highest BCUT2D eigenvalue weighted by Crippen LogP contribution is 2.14. The third-order valence-electron chi connectivity index (χ3n) is 3.05. The molecule has 2 amide bonds. The van der Waals surface area contributed by atoms with Crippen LogP contribution in [-0.2, 0) is 0 Å². The molecule has 2 rings (SSSR count). The average molecular weight is 300 g/mol. The van der Waals surface area contributed by atoms with Crippen LogP contribution in [0.3, 0.4) is 0 Å². The molecule has 7 nitrogen and oxygen atoms in total. The SMILES string of the molecule is NCC(NC(=O)O)c1ccc(C(=O)Nc2ccncc2)cc1. The molecule has 0 saturated heterocycles. The second kappa shape index (κ2) is 7.19. The summed E-state index contributed by atoms with van der Waals surface area (Å²) in [5.74, 6) is -0.256. The Morgan fingerprint density at radius 3 is 2.32 bits per heavy atom. The number of benzene rings is 1. The zero-order valence-electron chi connectivity index (χ0n) is 11.7. The highest BCUT2D eigenvalue weighted by Gasteiger charge is 2.13. The zero-order chi connectivity index (χ0) is 15.9. The number of carbonyl (C=O) groups excluding carboxylic acids is 1. The number of carbonyl (C=O) groups is 2. The van der Waals surface area contributed by atoms with Gasteiger partial charge in [-0.2, -0.15) is 0 Å². The Morgan fingerprint density at radius 2 is 1.77 bits per heavy atom. The minimum atomic E-state index is -1.14. The molecule has 0 spiro atoms. The predicted molar refractivity (Wildman–Crippen MR) is 81.6 cm³/mol. The molecule has 0 aliphatic heterocycles. The number of amides is 2. The first-order valence-corrected chi connectivity index (χ1v) is 6.61. The van der Waals surface area contributed by atoms with E-state index in [-0.39, 0.29) is 12.5 Å². The zero-order valence-corrected chi connectivity index (χ0v) is 11.7. The third kappa shape index (κ3) is 4.03. The summed E-state index contributed by atoms with van der Waals surface area (Å²) in [6, 6.07) is 9.47. The maximum absolute atomic E-state index is 12.1. The first kappa shape index (κ1) is 15.5. The van der Waals surface area contributed by atoms with Crippen molar-refractivity contribution in [2.45, 2.75) is 6.04 Å². The van der Waals surface area contributed by atoms with Gasteiger partial charge in [0.05, 0.1) is 6.04 Å². The van der Waals surface area contributed by atoms with Gasteiger partial charge in [-0.15, -0.1) is 0 Å². The van der Waals surface area contributed by atoms with Crippen LogP contribution >= 0.6 is 0 Å². The Morgan fingerprint density at radius 1 is 1.14 bits per heavy atom. The minimum absolute atomic E-state index is 0.134. The molecule has 1 atom stereocenters. The van der Waals surface area contributed by atoms with E-state index in [9.17, 15) is 9.59 Å². The summed E-state index contributed by atoms with van der Waals surface area (Å²) < 4.78 is 0. The summed E-state index contributed by atoms with van der Waals surface area (Å²) >= 11 is 0. The van der Waals surface area contributed by atoms with Crippen molar-refractivity contribution in [3.63, 3.8) is 0 Å². The number of nitrogens with one attached hydrogen (secondary N) is 2. The van der Waals surface area contributed by atoms with Gasteiger partial charge >= 0.3 is 6.09 Å². The molecule has 1 aromatic carbocycles. The predicted octanol–water partition coefficient (Wildman–Crippen LogP) is 1.60. The smallest absolute Gasteiger partial charge is 0.405 e. The van der Waals surface area contributed by atoms with Crippen molar-refractivity contribution in [1.29, 1.82) is 0 Å². The first-order chi connectivity index (χ1) is 10.6. The fourth-order valence-electron chi connectivity index (χ4n) is 1.93. The molecule has 0 fully saturated rings. The molecule has 0 radical (unpaired) electrons. The van der Waals surface area contributed by atoms with E-state index in [0.29, 0.717) is 16.8 Å². The van der Waals surface area contributed by atoms with Gasteiger partial charge in [0.1, 0.15) is 0 Å². The van der Waals surface area contributed by atoms with E-state index < -0.39 is 12.1 Å². The molecular formula is C15H16N4O3. The molecular weight excluding hydrogens is 284 g/mol. The fourth-order valence-corrected chi connectivity index (χ4v) is 1.93. The normalized spacial score (nSPS) is 11.5. The van der Waals surface area contributed by atoms with Crippen LogP contribution in [-0.4, -0.2) is 28.6 Å². The number of carboxylic acid groups (broad SMARTS) is 1. The van der Waals surface area contributed by atoms with E-state index >= 15 is 0 Å². The van der Waals surface area contributed by atoms with Gasteiger partial charge in [-0.05, 0) is 29.8 Å². The number of hydrogen-bond acceptors (Lipinski definition) is 4. The highest BCUT2D eigenvalue weighted by molar-refractivity contribution is 6.04. The largest absolute Gasteiger partial charge is 0.465 e. The molecule has 114 valence electrons. The van der Waals surface area contributed by atoms with Gasteiger partial charge < -0.3 is 21.5 Å². The van der Waals surface area contributed by atoms with Gasteiger partial charge in [0, 0.05) is 30.2 Å². The lowest BCUT2D eigenvalue weighted by Crippen LogP contribution is -2.32. The quantitative estimate of drug-likeness (QED) is 0.669. The molecule has 1 heterocycles. The highest BCUT2D eigenvalue weighted by atomic mass is 16.4. The fraction of sp³-hybridized carbons (Fsp3) is 0.133. The van der Waals surface area contributed by atoms with E-state index in [1.807, 2.05) is 0 Å². The molecule has 5 N–H and O–H groups in total. The maximum Gasteiger partial charge on any atom is 0.405 e. The van der Waals surface area contributed by atoms with Crippen LogP contribution in [0.2, 0.25) is 0 Å². The molecule has 0 aliphatic rings. The van der Waals surface area contributed by atoms with Crippen LogP contribution in [0.1, 0.15) is 22.0 Å². The van der Waals surface area contributed by atoms with Crippen molar-refractivity contribution >= 4 is 17.7 Å². The number of nitrogens with zero attached hydrogens (tertiary/aromatic N) is 1. The molecule has 1 unspecified atom stereocenters. The molecule has 1 aromatic heterocycles. The Labute approximate surface area is 127 Å². The molecule has 7 heteroatoms. The van der Waals surface area contributed by atoms with Crippen molar-refractivity contribution in [2.75, 3.05) is 11.9 Å². The standard InChI is InChI=1S/C15H16N4O3/c16-9-13(19-15(21)22)10-1-3-11(4-2-10)14(20)18-12-5-7-17-8-6-12/h1-8,13,19H,9,16H2,(H,21,22)(H,17,18,20). The number of anilines is 1. The van der Waals surface area contributed by atoms with Crippen LogP contribution < -0.4 is 16.4 Å². The van der Waals surface area contributed by atoms with Gasteiger partial charge in [0.25, 0.3) is 5.91 Å². The lowest BCUT2D eigenvalue weighted by molar-refractivity contribution is 0.102. The van der Waals surface area contributed by atoms with Gasteiger partial charge in [0.2, 0.25) is 0 Å². The van der Waals surface area contributed by atoms with Crippen molar-refractivity contribution < 1.29 is 14.7 Å². The van der Waals surface area contributed by atoms with Crippen molar-refractivity contribution in [2.24, 2.45) is 5.73 Å². The number of aromatic nitrogens is 1. The van der Waals surface area contributed by atoms with E-state index in [1.54, 1.807) is 48.8 Å². The van der Waals surface area contributed by atoms with E-state index in [0.717, 1.165) is 0 Å². The van der Waals surface area contributed by atoms with E-state index in [1.165, 1.54) is 0 Å². The second-order valence-electron chi connectivity index (χ2n) is 4.55. The lowest BCUT2D eigenvalue weighted by atomic mass is 10.0. The molecule has 0 bridgehead atoms. The Bertz CT molecular complexity index is 644. The van der Waals surface area contributed by atoms with E-state index in [2.05, 4.69) is 15.6 Å². The molecule has 22 heavy (non-hydrogen) atoms. The summed E-state index contributed by atoms with van der Waals surface area (Å²) in [5.41, 5.74) is 7.36. The van der Waals surface area contributed by atoms with Crippen molar-refractivity contribution in [1.82, 2.24) is 10.3 Å². The van der Waals surface area contributed by atoms with Crippen molar-refractivity contribution in [3.05, 3.63) is 59.9 Å². The Hall–Kier alpha value is -2.93. The lowest BCUT2D eigenvalue weighted by Gasteiger charge is -2.15. The Kier molecular flexibility index (Phi) is 5.05. The van der Waals surface area contributed by atoms with Crippen LogP contribution in [0, 0.1) is 0 Å². The monoisotopic (exact) mass is 300 g/mol. The summed E-state index contributed by atoms with van der Waals surface area (Å²) in [7, 11) is 0. The number of nitrogens with two attached hydrogens (primary N) is 1. The molecule has 2 aromatic rings. The summed E-state index contributed by atoms with van der Waals surface area (Å²) in [5, 5.41) is 13.8. The van der Waals surface area contributed by atoms with Crippen molar-refractivity contribution in [3.8, 4) is 0 Å². The molecule has 0 aliphatic carbocycles. The number of pyridine rings is 1. The van der Waals surface area contributed by atoms with Gasteiger partial charge in [-0.25, -0.2) is 4.79 Å². The average Bonchev–Trinajstić information content (AvgIpc) is 2.53. The number of hydrogen-bond donors (Lipinski definition) is 4. The van der Waals surface area contributed by atoms with Gasteiger partial charge in [0.15, 0.2) is 0 Å². The van der Waals surface area contributed by atoms with Crippen LogP contribution in [0.15, 0.2) is 48.8 Å². The summed E-state index contributed by atoms with van der Waals surface area (Å²) in [6.45, 7) is 0.134. The van der Waals surface area contributed by atoms with Gasteiger partial charge in [-0.1, -0.05) is 12.1 Å². The van der Waals surface area contributed by atoms with E-state index in [4.69, 9.17) is 10.8 Å². The summed E-state index contributed by atoms with van der Waals surface area (Å²) in [4.78, 5) is 26.6. The maximum atomic E-state index is 12.1. The van der Waals surface area contributed by atoms with Crippen LogP contribution in [0.25, 0.3) is 0 Å². The Balaban J connectivity index is 2.07. The first-order valence-electron chi connectivity index (χ1n) is 6.61. The second-order valence-corrected chi connectivity index (χ2v) is 4.55. The number of rotatable bonds is 5. The van der Waals surface area contributed by atoms with Gasteiger partial charge in [-0.3, -0.25) is 9.78 Å². The van der Waals surface area contributed by atoms with Crippen LogP contribution in [0.4, 0.5) is 10.5 Å². The topological polar surface area (TPSA) is 117 Å². The minimum Gasteiger partial charge on any atom is -0.465 e. The van der Waals surface area contributed by atoms with Crippen LogP contribution in [0.5, 0.6) is 0 Å². The summed E-state index contributed by atoms with van der Waals surface area (Å²) in [6.07, 6.45) is 2.03. The third-order valence-corrected chi connectivity index (χ3v) is 3.05. The molecule has 0 saturated carbocycles.